The van der Waals surface area contributed by atoms with E-state index in [-0.39, 0.29) is 35.6 Å². The topological polar surface area (TPSA) is 127 Å². The van der Waals surface area contributed by atoms with Crippen LogP contribution in [0.4, 0.5) is 9.18 Å². The molecule has 3 aromatic carbocycles. The van der Waals surface area contributed by atoms with E-state index in [2.05, 4.69) is 25.8 Å². The zero-order valence-corrected chi connectivity index (χ0v) is 24.1. The van der Waals surface area contributed by atoms with Crippen LogP contribution in [0.25, 0.3) is 22.0 Å². The maximum absolute atomic E-state index is 13.4. The molecule has 0 spiro atoms. The Morgan fingerprint density at radius 2 is 1.72 bits per heavy atom. The molecule has 5 N–H and O–H groups in total. The molecule has 1 aromatic heterocycles. The highest BCUT2D eigenvalue weighted by Crippen LogP contribution is 2.26. The first-order valence-corrected chi connectivity index (χ1v) is 14.4. The third-order valence-corrected chi connectivity index (χ3v) is 7.87. The predicted octanol–water partition coefficient (Wildman–Crippen LogP) is 4.76. The van der Waals surface area contributed by atoms with Gasteiger partial charge in [-0.1, -0.05) is 68.4 Å². The van der Waals surface area contributed by atoms with Gasteiger partial charge < -0.3 is 26.0 Å². The lowest BCUT2D eigenvalue weighted by atomic mass is 10.0. The Labute approximate surface area is 249 Å². The number of likely N-dealkylation sites (tertiary alicyclic amines) is 1. The van der Waals surface area contributed by atoms with Crippen molar-refractivity contribution in [3.8, 4) is 11.1 Å². The highest BCUT2D eigenvalue weighted by Gasteiger charge is 2.35. The van der Waals surface area contributed by atoms with Gasteiger partial charge in [0.15, 0.2) is 0 Å². The molecular weight excluding hydrogens is 549 g/mol. The van der Waals surface area contributed by atoms with Gasteiger partial charge in [0.05, 0.1) is 0 Å². The largest absolute Gasteiger partial charge is 0.465 e. The van der Waals surface area contributed by atoms with Gasteiger partial charge in [0, 0.05) is 42.6 Å². The van der Waals surface area contributed by atoms with Crippen molar-refractivity contribution in [3.63, 3.8) is 0 Å². The molecule has 43 heavy (non-hydrogen) atoms. The number of hydrogen-bond donors (Lipinski definition) is 5. The minimum Gasteiger partial charge on any atom is -0.465 e. The average Bonchev–Trinajstić information content (AvgIpc) is 3.58. The van der Waals surface area contributed by atoms with E-state index in [1.807, 2.05) is 48.5 Å². The number of aromatic amines is 1. The summed E-state index contributed by atoms with van der Waals surface area (Å²) >= 11 is 0. The van der Waals surface area contributed by atoms with E-state index in [1.165, 1.54) is 12.1 Å². The van der Waals surface area contributed by atoms with E-state index < -0.39 is 12.1 Å². The van der Waals surface area contributed by atoms with Gasteiger partial charge in [-0.05, 0) is 53.3 Å². The summed E-state index contributed by atoms with van der Waals surface area (Å²) in [6, 6.07) is 22.8. The number of amides is 3. The molecule has 1 fully saturated rings. The van der Waals surface area contributed by atoms with Gasteiger partial charge >= 0.3 is 6.09 Å². The summed E-state index contributed by atoms with van der Waals surface area (Å²) in [6.07, 6.45) is -0.639. The smallest absolute Gasteiger partial charge is 0.405 e. The fourth-order valence-corrected chi connectivity index (χ4v) is 5.65. The molecule has 224 valence electrons. The van der Waals surface area contributed by atoms with E-state index >= 15 is 0 Å². The number of rotatable bonds is 10. The summed E-state index contributed by atoms with van der Waals surface area (Å²) in [6.45, 7) is 5.17. The quantitative estimate of drug-likeness (QED) is 0.184. The Kier molecular flexibility index (Phi) is 9.06. The van der Waals surface area contributed by atoms with Gasteiger partial charge in [0.1, 0.15) is 17.6 Å². The van der Waals surface area contributed by atoms with E-state index in [9.17, 15) is 23.9 Å². The van der Waals surface area contributed by atoms with Crippen molar-refractivity contribution >= 4 is 28.8 Å². The molecule has 1 unspecified atom stereocenters. The van der Waals surface area contributed by atoms with Gasteiger partial charge in [0.2, 0.25) is 5.91 Å². The zero-order chi connectivity index (χ0) is 30.5. The zero-order valence-electron chi connectivity index (χ0n) is 24.1. The molecule has 10 heteroatoms. The van der Waals surface area contributed by atoms with Gasteiger partial charge in [-0.2, -0.15) is 0 Å². The molecule has 3 atom stereocenters. The molecule has 1 aliphatic heterocycles. The average molecular weight is 586 g/mol. The Morgan fingerprint density at radius 1 is 1.00 bits per heavy atom. The van der Waals surface area contributed by atoms with Crippen molar-refractivity contribution in [1.29, 1.82) is 0 Å². The molecule has 1 aliphatic rings. The Balaban J connectivity index is 1.26. The highest BCUT2D eigenvalue weighted by molar-refractivity contribution is 5.98. The molecule has 0 radical (unpaired) electrons. The summed E-state index contributed by atoms with van der Waals surface area (Å²) in [5, 5.41) is 18.5. The van der Waals surface area contributed by atoms with Crippen LogP contribution in [-0.4, -0.2) is 64.1 Å². The summed E-state index contributed by atoms with van der Waals surface area (Å²) in [7, 11) is 0. The first-order chi connectivity index (χ1) is 20.7. The number of carbonyl (C=O) groups excluding carboxylic acids is 2. The van der Waals surface area contributed by atoms with Crippen LogP contribution >= 0.6 is 0 Å². The van der Waals surface area contributed by atoms with Crippen molar-refractivity contribution in [2.45, 2.75) is 44.9 Å². The minimum atomic E-state index is -1.24. The number of nitrogens with one attached hydrogen (secondary N) is 4. The summed E-state index contributed by atoms with van der Waals surface area (Å²) in [4.78, 5) is 42.8. The molecular formula is C33H36FN5O4. The molecule has 0 bridgehead atoms. The van der Waals surface area contributed by atoms with Crippen LogP contribution in [0.5, 0.6) is 0 Å². The molecule has 0 aliphatic carbocycles. The SMILES string of the molecule is CC(C)C(NC(=O)O)C(=O)N[C@H]1C[C@@H](CNC(=O)c2cc3ccc(-c4ccc(F)cc4)cc3[nH]2)N(Cc2ccccc2)C1. The van der Waals surface area contributed by atoms with E-state index in [1.54, 1.807) is 32.0 Å². The molecule has 9 nitrogen and oxygen atoms in total. The molecule has 5 rings (SSSR count). The predicted molar refractivity (Wildman–Crippen MR) is 163 cm³/mol. The normalized spacial score (nSPS) is 17.6. The summed E-state index contributed by atoms with van der Waals surface area (Å²) < 4.78 is 13.4. The molecule has 2 heterocycles. The Bertz CT molecular complexity index is 1590. The van der Waals surface area contributed by atoms with Crippen LogP contribution < -0.4 is 16.0 Å². The fourth-order valence-electron chi connectivity index (χ4n) is 5.65. The lowest BCUT2D eigenvalue weighted by Crippen LogP contribution is -2.52. The van der Waals surface area contributed by atoms with Crippen molar-refractivity contribution in [3.05, 3.63) is 95.9 Å². The van der Waals surface area contributed by atoms with Crippen molar-refractivity contribution < 1.29 is 23.9 Å². The first-order valence-electron chi connectivity index (χ1n) is 14.4. The van der Waals surface area contributed by atoms with Crippen LogP contribution in [0.2, 0.25) is 0 Å². The van der Waals surface area contributed by atoms with Crippen LogP contribution in [0.1, 0.15) is 36.3 Å². The van der Waals surface area contributed by atoms with Crippen molar-refractivity contribution in [1.82, 2.24) is 25.8 Å². The Morgan fingerprint density at radius 3 is 2.42 bits per heavy atom. The van der Waals surface area contributed by atoms with Crippen LogP contribution in [0, 0.1) is 11.7 Å². The van der Waals surface area contributed by atoms with Gasteiger partial charge in [-0.25, -0.2) is 9.18 Å². The van der Waals surface area contributed by atoms with Crippen LogP contribution in [-0.2, 0) is 11.3 Å². The number of carboxylic acid groups (broad SMARTS) is 1. The summed E-state index contributed by atoms with van der Waals surface area (Å²) in [5.41, 5.74) is 4.14. The summed E-state index contributed by atoms with van der Waals surface area (Å²) in [5.74, 6) is -1.10. The minimum absolute atomic E-state index is 0.0474. The van der Waals surface area contributed by atoms with Crippen molar-refractivity contribution in [2.75, 3.05) is 13.1 Å². The van der Waals surface area contributed by atoms with E-state index in [0.29, 0.717) is 31.7 Å². The standard InChI is InChI=1S/C33H36FN5O4/c1-20(2)30(38-33(42)43)32(41)36-26-16-27(39(19-26)18-21-6-4-3-5-7-21)17-35-31(40)29-15-24-9-8-23(14-28(24)37-29)22-10-12-25(34)13-11-22/h3-15,20,26-27,30,37-38H,16-19H2,1-2H3,(H,35,40)(H,36,41)(H,42,43)/t26-,27-,30?/m0/s1. The lowest BCUT2D eigenvalue weighted by molar-refractivity contribution is -0.124. The van der Waals surface area contributed by atoms with E-state index in [0.717, 1.165) is 27.6 Å². The number of aromatic nitrogens is 1. The van der Waals surface area contributed by atoms with E-state index in [4.69, 9.17) is 0 Å². The second-order valence-corrected chi connectivity index (χ2v) is 11.4. The van der Waals surface area contributed by atoms with Crippen LogP contribution in [0.15, 0.2) is 78.9 Å². The monoisotopic (exact) mass is 585 g/mol. The second kappa shape index (κ2) is 13.1. The molecule has 4 aromatic rings. The second-order valence-electron chi connectivity index (χ2n) is 11.4. The third kappa shape index (κ3) is 7.39. The molecule has 3 amide bonds. The number of H-pyrrole nitrogens is 1. The van der Waals surface area contributed by atoms with Gasteiger partial charge in [-0.3, -0.25) is 14.5 Å². The van der Waals surface area contributed by atoms with Gasteiger partial charge in [0.25, 0.3) is 5.91 Å². The third-order valence-electron chi connectivity index (χ3n) is 7.87. The maximum Gasteiger partial charge on any atom is 0.405 e. The van der Waals surface area contributed by atoms with Crippen LogP contribution in [0.3, 0.4) is 0 Å². The lowest BCUT2D eigenvalue weighted by Gasteiger charge is -2.24. The number of hydrogen-bond acceptors (Lipinski definition) is 4. The van der Waals surface area contributed by atoms with Gasteiger partial charge in [-0.15, -0.1) is 0 Å². The fraction of sp³-hybridized carbons (Fsp3) is 0.303. The number of benzene rings is 3. The number of fused-ring (bicyclic) bond motifs is 1. The number of carbonyl (C=O) groups is 3. The van der Waals surface area contributed by atoms with Crippen molar-refractivity contribution in [2.24, 2.45) is 5.92 Å². The molecule has 0 saturated carbocycles. The molecule has 1 saturated heterocycles. The maximum atomic E-state index is 13.4. The first kappa shape index (κ1) is 29.8. The number of nitrogens with zero attached hydrogens (tertiary/aromatic N) is 1. The highest BCUT2D eigenvalue weighted by atomic mass is 19.1. The number of halogens is 1. The Hall–Kier alpha value is -4.70.